The molecule has 9 nitrogen and oxygen atoms in total. The van der Waals surface area contributed by atoms with Crippen molar-refractivity contribution in [3.63, 3.8) is 0 Å². The van der Waals surface area contributed by atoms with Crippen molar-refractivity contribution in [3.8, 4) is 5.88 Å². The Labute approximate surface area is 179 Å². The van der Waals surface area contributed by atoms with E-state index in [4.69, 9.17) is 9.52 Å². The van der Waals surface area contributed by atoms with Crippen LogP contribution in [0.2, 0.25) is 0 Å². The zero-order valence-corrected chi connectivity index (χ0v) is 18.0. The highest BCUT2D eigenvalue weighted by atomic mass is 32.2. The fourth-order valence-corrected chi connectivity index (χ4v) is 5.84. The first kappa shape index (κ1) is 20.3. The van der Waals surface area contributed by atoms with Gasteiger partial charge in [0.1, 0.15) is 17.3 Å². The summed E-state index contributed by atoms with van der Waals surface area (Å²) in [5, 5.41) is 10.0. The molecule has 4 N–H and O–H groups in total. The van der Waals surface area contributed by atoms with Crippen LogP contribution in [0.25, 0.3) is 0 Å². The average molecular weight is 449 g/mol. The van der Waals surface area contributed by atoms with Gasteiger partial charge in [0.15, 0.2) is 9.92 Å². The Kier molecular flexibility index (Phi) is 4.89. The van der Waals surface area contributed by atoms with Crippen LogP contribution in [-0.2, 0) is 42.1 Å². The van der Waals surface area contributed by atoms with Gasteiger partial charge >= 0.3 is 6.03 Å². The average Bonchev–Trinajstić information content (AvgIpc) is 3.49. The number of amides is 2. The standard InChI is InChI=1S/C20H25FN6O3S/c1-23-11-9-27-19(30-10-11)16(8-24-27)31(22,29)26-20(28)25-18-14-6-2-4-12(14)17(21)13-5-3-7-15(13)18/h8,11,23H,2-7,9-10H2,1H3,(H3,22,25,26,28,29)/t11-,31+/m0/s1. The Hall–Kier alpha value is -2.66. The summed E-state index contributed by atoms with van der Waals surface area (Å²) in [6, 6.07) is -0.695. The molecule has 0 spiro atoms. The van der Waals surface area contributed by atoms with Crippen LogP contribution in [-0.4, -0.2) is 39.7 Å². The number of benzene rings is 1. The van der Waals surface area contributed by atoms with Crippen LogP contribution in [0, 0.1) is 10.6 Å². The van der Waals surface area contributed by atoms with Crippen molar-refractivity contribution in [1.82, 2.24) is 19.8 Å². The Morgan fingerprint density at radius 2 is 1.87 bits per heavy atom. The number of carbonyl (C=O) groups is 1. The third kappa shape index (κ3) is 3.35. The molecule has 0 fully saturated rings. The maximum Gasteiger partial charge on any atom is 0.331 e. The third-order valence-electron chi connectivity index (χ3n) is 6.34. The van der Waals surface area contributed by atoms with Gasteiger partial charge in [-0.05, 0) is 67.8 Å². The summed E-state index contributed by atoms with van der Waals surface area (Å²) < 4.78 is 45.7. The molecule has 0 bridgehead atoms. The highest BCUT2D eigenvalue weighted by Gasteiger charge is 2.31. The predicted molar refractivity (Wildman–Crippen MR) is 112 cm³/mol. The van der Waals surface area contributed by atoms with Crippen LogP contribution in [0.1, 0.15) is 35.1 Å². The predicted octanol–water partition coefficient (Wildman–Crippen LogP) is 2.12. The Balaban J connectivity index is 1.40. The number of fused-ring (bicyclic) bond motifs is 3. The fourth-order valence-electron chi connectivity index (χ4n) is 4.81. The molecule has 0 saturated carbocycles. The number of hydrogen-bond donors (Lipinski definition) is 4. The number of nitrogens with one attached hydrogen (secondary N) is 4. The van der Waals surface area contributed by atoms with Crippen LogP contribution in [0.15, 0.2) is 11.1 Å². The number of carbonyl (C=O) groups excluding carboxylic acids is 1. The lowest BCUT2D eigenvalue weighted by molar-refractivity contribution is 0.184. The second-order valence-corrected chi connectivity index (χ2v) is 9.97. The molecule has 11 heteroatoms. The van der Waals surface area contributed by atoms with E-state index in [0.717, 1.165) is 24.0 Å². The van der Waals surface area contributed by atoms with Gasteiger partial charge in [0.05, 0.1) is 18.8 Å². The third-order valence-corrected chi connectivity index (χ3v) is 7.71. The van der Waals surface area contributed by atoms with Gasteiger partial charge in [-0.1, -0.05) is 0 Å². The van der Waals surface area contributed by atoms with Gasteiger partial charge in [-0.15, -0.1) is 0 Å². The van der Waals surface area contributed by atoms with Gasteiger partial charge in [0, 0.05) is 5.69 Å². The Morgan fingerprint density at radius 3 is 2.52 bits per heavy atom. The molecule has 2 aliphatic carbocycles. The maximum atomic E-state index is 14.8. The minimum absolute atomic E-state index is 0.0340. The summed E-state index contributed by atoms with van der Waals surface area (Å²) in [5.74, 6) is 0.106. The lowest BCUT2D eigenvalue weighted by Gasteiger charge is -2.24. The number of nitrogens with zero attached hydrogens (tertiary/aromatic N) is 2. The molecular weight excluding hydrogens is 423 g/mol. The minimum Gasteiger partial charge on any atom is -0.475 e. The van der Waals surface area contributed by atoms with Crippen LogP contribution >= 0.6 is 0 Å². The van der Waals surface area contributed by atoms with Gasteiger partial charge in [0.2, 0.25) is 5.88 Å². The van der Waals surface area contributed by atoms with Crippen LogP contribution in [0.5, 0.6) is 5.88 Å². The Bertz CT molecular complexity index is 1140. The number of urea groups is 1. The normalized spacial score (nSPS) is 20.9. The summed E-state index contributed by atoms with van der Waals surface area (Å²) in [7, 11) is -1.89. The summed E-state index contributed by atoms with van der Waals surface area (Å²) in [5.41, 5.74) is 3.64. The van der Waals surface area contributed by atoms with E-state index in [0.29, 0.717) is 55.6 Å². The van der Waals surface area contributed by atoms with E-state index >= 15 is 0 Å². The molecule has 1 aromatic heterocycles. The van der Waals surface area contributed by atoms with Crippen molar-refractivity contribution < 1.29 is 18.1 Å². The second-order valence-electron chi connectivity index (χ2n) is 8.22. The lowest BCUT2D eigenvalue weighted by atomic mass is 9.98. The smallest absolute Gasteiger partial charge is 0.331 e. The van der Waals surface area contributed by atoms with E-state index in [1.54, 1.807) is 0 Å². The topological polar surface area (TPSA) is 121 Å². The van der Waals surface area contributed by atoms with Gasteiger partial charge < -0.3 is 15.4 Å². The van der Waals surface area contributed by atoms with E-state index in [1.165, 1.54) is 10.9 Å². The zero-order valence-electron chi connectivity index (χ0n) is 17.2. The quantitative estimate of drug-likeness (QED) is 0.571. The molecule has 1 aromatic carbocycles. The zero-order chi connectivity index (χ0) is 21.8. The van der Waals surface area contributed by atoms with Crippen molar-refractivity contribution in [2.75, 3.05) is 19.0 Å². The largest absolute Gasteiger partial charge is 0.475 e. The molecule has 2 aromatic rings. The highest BCUT2D eigenvalue weighted by molar-refractivity contribution is 7.91. The molecule has 3 aliphatic rings. The minimum atomic E-state index is -3.70. The van der Waals surface area contributed by atoms with E-state index in [-0.39, 0.29) is 22.6 Å². The van der Waals surface area contributed by atoms with Gasteiger partial charge in [-0.3, -0.25) is 0 Å². The van der Waals surface area contributed by atoms with Gasteiger partial charge in [-0.2, -0.15) is 5.10 Å². The number of halogens is 1. The SMILES string of the molecule is CN[C@@H]1COc2c([S@](=N)(=O)NC(=O)Nc3c4c(c(F)c5c3CCC5)CCC4)cnn2C1. The summed E-state index contributed by atoms with van der Waals surface area (Å²) in [6.07, 6.45) is 5.70. The van der Waals surface area contributed by atoms with Crippen molar-refractivity contribution >= 4 is 21.6 Å². The molecule has 2 amide bonds. The first-order valence-electron chi connectivity index (χ1n) is 10.5. The number of anilines is 1. The molecule has 5 rings (SSSR count). The molecule has 0 radical (unpaired) electrons. The fraction of sp³-hybridized carbons (Fsp3) is 0.500. The monoisotopic (exact) mass is 448 g/mol. The molecule has 2 atom stereocenters. The number of rotatable bonds is 4. The molecule has 166 valence electrons. The van der Waals surface area contributed by atoms with Gasteiger partial charge in [-0.25, -0.2) is 27.6 Å². The summed E-state index contributed by atoms with van der Waals surface area (Å²) >= 11 is 0. The molecule has 0 unspecified atom stereocenters. The van der Waals surface area contributed by atoms with E-state index in [9.17, 15) is 13.4 Å². The van der Waals surface area contributed by atoms with E-state index < -0.39 is 15.9 Å². The second kappa shape index (κ2) is 7.49. The van der Waals surface area contributed by atoms with E-state index in [1.807, 2.05) is 7.05 Å². The molecule has 31 heavy (non-hydrogen) atoms. The van der Waals surface area contributed by atoms with Crippen LogP contribution < -0.4 is 20.1 Å². The van der Waals surface area contributed by atoms with Crippen LogP contribution in [0.4, 0.5) is 14.9 Å². The molecule has 0 saturated heterocycles. The van der Waals surface area contributed by atoms with Crippen molar-refractivity contribution in [2.45, 2.75) is 56.0 Å². The lowest BCUT2D eigenvalue weighted by Crippen LogP contribution is -2.40. The molecule has 1 aliphatic heterocycles. The van der Waals surface area contributed by atoms with Crippen molar-refractivity contribution in [3.05, 3.63) is 34.3 Å². The van der Waals surface area contributed by atoms with Gasteiger partial charge in [0.25, 0.3) is 0 Å². The molecular formula is C20H25FN6O3S. The van der Waals surface area contributed by atoms with Crippen LogP contribution in [0.3, 0.4) is 0 Å². The first-order valence-corrected chi connectivity index (χ1v) is 12.0. The number of aromatic nitrogens is 2. The summed E-state index contributed by atoms with van der Waals surface area (Å²) in [6.45, 7) is 0.867. The van der Waals surface area contributed by atoms with Crippen molar-refractivity contribution in [1.29, 1.82) is 4.78 Å². The van der Waals surface area contributed by atoms with Crippen molar-refractivity contribution in [2.24, 2.45) is 0 Å². The van der Waals surface area contributed by atoms with E-state index in [2.05, 4.69) is 20.5 Å². The number of hydrogen-bond acceptors (Lipinski definition) is 6. The maximum absolute atomic E-state index is 14.8. The number of ether oxygens (including phenoxy) is 1. The number of likely N-dealkylation sites (N-methyl/N-ethyl adjacent to an activating group) is 1. The summed E-state index contributed by atoms with van der Waals surface area (Å²) in [4.78, 5) is 12.8. The Morgan fingerprint density at radius 1 is 1.23 bits per heavy atom. The molecule has 2 heterocycles. The first-order chi connectivity index (χ1) is 14.9. The highest BCUT2D eigenvalue weighted by Crippen LogP contribution is 2.41.